The van der Waals surface area contributed by atoms with E-state index in [4.69, 9.17) is 0 Å². The number of hydrogen-bond acceptors (Lipinski definition) is 4. The Bertz CT molecular complexity index is 817. The number of rotatable bonds is 4. The number of amides is 2. The van der Waals surface area contributed by atoms with Gasteiger partial charge in [0.1, 0.15) is 0 Å². The molecule has 6 heteroatoms. The van der Waals surface area contributed by atoms with Gasteiger partial charge in [0.25, 0.3) is 11.8 Å². The van der Waals surface area contributed by atoms with Crippen LogP contribution in [0.3, 0.4) is 0 Å². The van der Waals surface area contributed by atoms with Gasteiger partial charge in [0.05, 0.1) is 16.1 Å². The van der Waals surface area contributed by atoms with Gasteiger partial charge in [-0.05, 0) is 35.7 Å². The van der Waals surface area contributed by atoms with Crippen molar-refractivity contribution in [1.82, 2.24) is 4.98 Å². The largest absolute Gasteiger partial charge is 0.322 e. The molecule has 0 atom stereocenters. The molecule has 1 aromatic carbocycles. The van der Waals surface area contributed by atoms with Gasteiger partial charge >= 0.3 is 0 Å². The van der Waals surface area contributed by atoms with Crippen molar-refractivity contribution in [2.45, 2.75) is 0 Å². The molecule has 114 valence electrons. The van der Waals surface area contributed by atoms with E-state index in [0.717, 1.165) is 0 Å². The van der Waals surface area contributed by atoms with Crippen molar-refractivity contribution < 1.29 is 9.59 Å². The summed E-state index contributed by atoms with van der Waals surface area (Å²) in [4.78, 5) is 29.1. The minimum atomic E-state index is -0.293. The standard InChI is InChI=1S/C17H13N3O2S/c21-16(19-12-7-9-18-10-8-12)13-4-1-2-5-14(13)20-17(22)15-6-3-11-23-15/h1-11H,(H,20,22)(H,18,19,21). The molecule has 0 aliphatic carbocycles. The van der Waals surface area contributed by atoms with Crippen LogP contribution in [-0.4, -0.2) is 16.8 Å². The molecule has 0 unspecified atom stereocenters. The Balaban J connectivity index is 1.80. The summed E-state index contributed by atoms with van der Waals surface area (Å²) in [6.07, 6.45) is 3.19. The van der Waals surface area contributed by atoms with Gasteiger partial charge in [0.2, 0.25) is 0 Å². The molecule has 23 heavy (non-hydrogen) atoms. The summed E-state index contributed by atoms with van der Waals surface area (Å²) in [5.74, 6) is -0.526. The first-order valence-corrected chi connectivity index (χ1v) is 7.77. The molecule has 0 fully saturated rings. The molecule has 2 aromatic heterocycles. The van der Waals surface area contributed by atoms with E-state index < -0.39 is 0 Å². The third kappa shape index (κ3) is 3.61. The molecule has 0 saturated carbocycles. The highest BCUT2D eigenvalue weighted by Gasteiger charge is 2.14. The Morgan fingerprint density at radius 1 is 0.870 bits per heavy atom. The lowest BCUT2D eigenvalue weighted by Gasteiger charge is -2.11. The Kier molecular flexibility index (Phi) is 4.44. The number of anilines is 2. The first kappa shape index (κ1) is 14.9. The normalized spacial score (nSPS) is 10.1. The maximum Gasteiger partial charge on any atom is 0.265 e. The van der Waals surface area contributed by atoms with Crippen LogP contribution in [0.4, 0.5) is 11.4 Å². The van der Waals surface area contributed by atoms with Gasteiger partial charge in [-0.2, -0.15) is 0 Å². The second kappa shape index (κ2) is 6.85. The lowest BCUT2D eigenvalue weighted by atomic mass is 10.1. The van der Waals surface area contributed by atoms with Gasteiger partial charge in [0, 0.05) is 18.1 Å². The van der Waals surface area contributed by atoms with E-state index in [1.54, 1.807) is 54.9 Å². The first-order chi connectivity index (χ1) is 11.2. The van der Waals surface area contributed by atoms with Crippen LogP contribution in [0.25, 0.3) is 0 Å². The topological polar surface area (TPSA) is 71.1 Å². The number of hydrogen-bond donors (Lipinski definition) is 2. The van der Waals surface area contributed by atoms with Crippen LogP contribution in [0.2, 0.25) is 0 Å². The van der Waals surface area contributed by atoms with Crippen molar-refractivity contribution in [2.75, 3.05) is 10.6 Å². The van der Waals surface area contributed by atoms with E-state index in [-0.39, 0.29) is 11.8 Å². The fourth-order valence-corrected chi connectivity index (χ4v) is 2.63. The Hall–Kier alpha value is -2.99. The van der Waals surface area contributed by atoms with Gasteiger partial charge in [-0.25, -0.2) is 0 Å². The van der Waals surface area contributed by atoms with Gasteiger partial charge in [-0.1, -0.05) is 18.2 Å². The summed E-state index contributed by atoms with van der Waals surface area (Å²) in [6, 6.07) is 13.8. The fourth-order valence-electron chi connectivity index (χ4n) is 2.02. The number of carbonyl (C=O) groups is 2. The maximum atomic E-state index is 12.4. The minimum absolute atomic E-state index is 0.232. The number of nitrogens with one attached hydrogen (secondary N) is 2. The third-order valence-electron chi connectivity index (χ3n) is 3.10. The minimum Gasteiger partial charge on any atom is -0.322 e. The molecular weight excluding hydrogens is 310 g/mol. The van der Waals surface area contributed by atoms with Crippen molar-refractivity contribution in [1.29, 1.82) is 0 Å². The molecular formula is C17H13N3O2S. The molecule has 3 aromatic rings. The monoisotopic (exact) mass is 323 g/mol. The highest BCUT2D eigenvalue weighted by molar-refractivity contribution is 7.12. The molecule has 0 aliphatic rings. The zero-order valence-electron chi connectivity index (χ0n) is 12.0. The number of aromatic nitrogens is 1. The lowest BCUT2D eigenvalue weighted by molar-refractivity contribution is 0.102. The number of carbonyl (C=O) groups excluding carboxylic acids is 2. The van der Waals surface area contributed by atoms with E-state index in [0.29, 0.717) is 21.8 Å². The predicted molar refractivity (Wildman–Crippen MR) is 90.9 cm³/mol. The highest BCUT2D eigenvalue weighted by atomic mass is 32.1. The van der Waals surface area contributed by atoms with Crippen molar-refractivity contribution in [3.8, 4) is 0 Å². The first-order valence-electron chi connectivity index (χ1n) is 6.89. The molecule has 0 bridgehead atoms. The van der Waals surface area contributed by atoms with E-state index in [1.165, 1.54) is 11.3 Å². The smallest absolute Gasteiger partial charge is 0.265 e. The van der Waals surface area contributed by atoms with Crippen molar-refractivity contribution in [3.63, 3.8) is 0 Å². The molecule has 2 N–H and O–H groups in total. The molecule has 0 radical (unpaired) electrons. The van der Waals surface area contributed by atoms with Gasteiger partial charge in [0.15, 0.2) is 0 Å². The van der Waals surface area contributed by atoms with Gasteiger partial charge in [-0.3, -0.25) is 14.6 Å². The predicted octanol–water partition coefficient (Wildman–Crippen LogP) is 3.65. The maximum absolute atomic E-state index is 12.4. The van der Waals surface area contributed by atoms with Crippen LogP contribution >= 0.6 is 11.3 Å². The summed E-state index contributed by atoms with van der Waals surface area (Å²) >= 11 is 1.35. The molecule has 5 nitrogen and oxygen atoms in total. The molecule has 0 spiro atoms. The summed E-state index contributed by atoms with van der Waals surface area (Å²) in [7, 11) is 0. The van der Waals surface area contributed by atoms with Crippen LogP contribution in [-0.2, 0) is 0 Å². The number of para-hydroxylation sites is 1. The zero-order valence-corrected chi connectivity index (χ0v) is 12.8. The van der Waals surface area contributed by atoms with Crippen LogP contribution in [0.5, 0.6) is 0 Å². The van der Waals surface area contributed by atoms with Crippen molar-refractivity contribution in [2.24, 2.45) is 0 Å². The summed E-state index contributed by atoms with van der Waals surface area (Å²) in [6.45, 7) is 0. The summed E-state index contributed by atoms with van der Waals surface area (Å²) in [5.41, 5.74) is 1.51. The summed E-state index contributed by atoms with van der Waals surface area (Å²) < 4.78 is 0. The van der Waals surface area contributed by atoms with Crippen LogP contribution in [0.15, 0.2) is 66.3 Å². The number of thiophene rings is 1. The van der Waals surface area contributed by atoms with Crippen molar-refractivity contribution >= 4 is 34.5 Å². The van der Waals surface area contributed by atoms with E-state index in [2.05, 4.69) is 15.6 Å². The van der Waals surface area contributed by atoms with Crippen LogP contribution in [0, 0.1) is 0 Å². The number of benzene rings is 1. The van der Waals surface area contributed by atoms with Crippen LogP contribution in [0.1, 0.15) is 20.0 Å². The van der Waals surface area contributed by atoms with Gasteiger partial charge < -0.3 is 10.6 Å². The third-order valence-corrected chi connectivity index (χ3v) is 3.97. The van der Waals surface area contributed by atoms with E-state index in [9.17, 15) is 9.59 Å². The SMILES string of the molecule is O=C(Nc1ccccc1C(=O)Nc1ccncc1)c1cccs1. The summed E-state index contributed by atoms with van der Waals surface area (Å²) in [5, 5.41) is 7.39. The molecule has 0 saturated heterocycles. The van der Waals surface area contributed by atoms with Gasteiger partial charge in [-0.15, -0.1) is 11.3 Å². The highest BCUT2D eigenvalue weighted by Crippen LogP contribution is 2.19. The van der Waals surface area contributed by atoms with E-state index in [1.807, 2.05) is 11.4 Å². The number of nitrogens with zero attached hydrogens (tertiary/aromatic N) is 1. The average Bonchev–Trinajstić information content (AvgIpc) is 3.11. The quantitative estimate of drug-likeness (QED) is 0.770. The lowest BCUT2D eigenvalue weighted by Crippen LogP contribution is -2.17. The molecule has 3 rings (SSSR count). The molecule has 2 heterocycles. The van der Waals surface area contributed by atoms with E-state index >= 15 is 0 Å². The molecule has 2 amide bonds. The zero-order chi connectivity index (χ0) is 16.1. The second-order valence-electron chi connectivity index (χ2n) is 4.67. The second-order valence-corrected chi connectivity index (χ2v) is 5.61. The Labute approximate surface area is 137 Å². The molecule has 0 aliphatic heterocycles. The van der Waals surface area contributed by atoms with Crippen molar-refractivity contribution in [3.05, 3.63) is 76.7 Å². The average molecular weight is 323 g/mol. The van der Waals surface area contributed by atoms with Crippen LogP contribution < -0.4 is 10.6 Å². The number of pyridine rings is 1. The Morgan fingerprint density at radius 3 is 2.39 bits per heavy atom. The Morgan fingerprint density at radius 2 is 1.65 bits per heavy atom. The fraction of sp³-hybridized carbons (Fsp3) is 0.